The number of aryl methyl sites for hydroxylation is 1. The van der Waals surface area contributed by atoms with Gasteiger partial charge in [-0.3, -0.25) is 4.21 Å². The fourth-order valence-corrected chi connectivity index (χ4v) is 3.00. The van der Waals surface area contributed by atoms with Crippen molar-refractivity contribution in [1.82, 2.24) is 0 Å². The summed E-state index contributed by atoms with van der Waals surface area (Å²) >= 11 is 0. The molecule has 0 aliphatic heterocycles. The molecule has 0 bridgehead atoms. The topological polar surface area (TPSA) is 52.3 Å². The molecule has 0 aliphatic rings. The molecule has 0 heterocycles. The van der Waals surface area contributed by atoms with E-state index < -0.39 is 10.8 Å². The van der Waals surface area contributed by atoms with Crippen molar-refractivity contribution in [3.63, 3.8) is 0 Å². The molecule has 2 N–H and O–H groups in total. The molecule has 0 saturated carbocycles. The summed E-state index contributed by atoms with van der Waals surface area (Å²) in [7, 11) is -0.904. The van der Waals surface area contributed by atoms with E-state index in [1.807, 2.05) is 49.4 Å². The van der Waals surface area contributed by atoms with Crippen LogP contribution in [-0.2, 0) is 23.1 Å². The van der Waals surface area contributed by atoms with Gasteiger partial charge in [-0.15, -0.1) is 0 Å². The molecule has 0 aromatic heterocycles. The van der Waals surface area contributed by atoms with E-state index in [-0.39, 0.29) is 0 Å². The Kier molecular flexibility index (Phi) is 5.96. The summed E-state index contributed by atoms with van der Waals surface area (Å²) in [5.74, 6) is 1.91. The minimum absolute atomic E-state index is 0.459. The highest BCUT2D eigenvalue weighted by molar-refractivity contribution is 7.84. The van der Waals surface area contributed by atoms with E-state index in [9.17, 15) is 4.21 Å². The van der Waals surface area contributed by atoms with Crippen LogP contribution in [0.3, 0.4) is 0 Å². The van der Waals surface area contributed by atoms with Crippen LogP contribution in [0.2, 0.25) is 0 Å². The predicted octanol–water partition coefficient (Wildman–Crippen LogP) is 2.78. The highest BCUT2D eigenvalue weighted by atomic mass is 32.2. The second-order valence-corrected chi connectivity index (χ2v) is 6.55. The minimum atomic E-state index is -0.904. The quantitative estimate of drug-likeness (QED) is 0.855. The van der Waals surface area contributed by atoms with Gasteiger partial charge in [-0.25, -0.2) is 0 Å². The van der Waals surface area contributed by atoms with Gasteiger partial charge in [0.25, 0.3) is 0 Å². The summed E-state index contributed by atoms with van der Waals surface area (Å²) in [6, 6.07) is 15.8. The smallest absolute Gasteiger partial charge is 0.119 e. The summed E-state index contributed by atoms with van der Waals surface area (Å²) in [5, 5.41) is 0. The van der Waals surface area contributed by atoms with Crippen molar-refractivity contribution < 1.29 is 8.95 Å². The van der Waals surface area contributed by atoms with Crippen LogP contribution in [-0.4, -0.2) is 16.6 Å². The van der Waals surface area contributed by atoms with E-state index in [1.54, 1.807) is 0 Å². The van der Waals surface area contributed by atoms with E-state index in [2.05, 4.69) is 6.07 Å². The van der Waals surface area contributed by atoms with Crippen molar-refractivity contribution in [2.75, 3.05) is 12.4 Å². The second-order valence-electron chi connectivity index (χ2n) is 4.97. The van der Waals surface area contributed by atoms with Gasteiger partial charge in [-0.1, -0.05) is 42.0 Å². The van der Waals surface area contributed by atoms with Gasteiger partial charge in [0.15, 0.2) is 0 Å². The van der Waals surface area contributed by atoms with Crippen LogP contribution in [0, 0.1) is 6.92 Å². The molecule has 2 aromatic rings. The lowest BCUT2D eigenvalue weighted by Gasteiger charge is -2.07. The minimum Gasteiger partial charge on any atom is -0.493 e. The van der Waals surface area contributed by atoms with Crippen molar-refractivity contribution in [2.24, 2.45) is 5.73 Å². The Morgan fingerprint density at radius 1 is 1.10 bits per heavy atom. The van der Waals surface area contributed by atoms with Gasteiger partial charge >= 0.3 is 0 Å². The monoisotopic (exact) mass is 303 g/mol. The summed E-state index contributed by atoms with van der Waals surface area (Å²) < 4.78 is 17.6. The zero-order valence-corrected chi connectivity index (χ0v) is 13.1. The molecule has 0 fully saturated rings. The van der Waals surface area contributed by atoms with E-state index >= 15 is 0 Å². The third kappa shape index (κ3) is 5.33. The van der Waals surface area contributed by atoms with Gasteiger partial charge in [-0.05, 0) is 30.2 Å². The molecule has 1 atom stereocenters. The van der Waals surface area contributed by atoms with Crippen LogP contribution in [0.1, 0.15) is 16.7 Å². The number of nitrogens with two attached hydrogens (primary N) is 1. The van der Waals surface area contributed by atoms with Crippen LogP contribution >= 0.6 is 0 Å². The van der Waals surface area contributed by atoms with Crippen LogP contribution < -0.4 is 10.5 Å². The summed E-state index contributed by atoms with van der Waals surface area (Å²) in [6.07, 6.45) is 0. The average Bonchev–Trinajstić information content (AvgIpc) is 2.48. The zero-order valence-electron chi connectivity index (χ0n) is 12.2. The second kappa shape index (κ2) is 7.96. The molecular formula is C17H21NO2S. The van der Waals surface area contributed by atoms with Crippen LogP contribution in [0.5, 0.6) is 5.75 Å². The first-order valence-electron chi connectivity index (χ1n) is 6.99. The average molecular weight is 303 g/mol. The maximum Gasteiger partial charge on any atom is 0.119 e. The van der Waals surface area contributed by atoms with Gasteiger partial charge in [0.05, 0.1) is 12.4 Å². The molecule has 112 valence electrons. The van der Waals surface area contributed by atoms with Gasteiger partial charge in [-0.2, -0.15) is 0 Å². The molecule has 0 saturated heterocycles. The van der Waals surface area contributed by atoms with E-state index in [4.69, 9.17) is 10.5 Å². The normalized spacial score (nSPS) is 12.1. The molecule has 21 heavy (non-hydrogen) atoms. The van der Waals surface area contributed by atoms with Gasteiger partial charge in [0.2, 0.25) is 0 Å². The third-order valence-electron chi connectivity index (χ3n) is 3.15. The molecule has 1 unspecified atom stereocenters. The summed E-state index contributed by atoms with van der Waals surface area (Å²) in [6.45, 7) is 3.03. The number of benzene rings is 2. The van der Waals surface area contributed by atoms with E-state index in [0.717, 1.165) is 16.9 Å². The molecule has 4 heteroatoms. The van der Waals surface area contributed by atoms with Crippen LogP contribution in [0.25, 0.3) is 0 Å². The standard InChI is InChI=1S/C17H21NO2S/c1-14-3-2-4-16(11-14)13-21(19)10-9-20-17-7-5-15(12-18)6-8-17/h2-8,11H,9-10,12-13,18H2,1H3. The van der Waals surface area contributed by atoms with Crippen LogP contribution in [0.15, 0.2) is 48.5 Å². The molecule has 0 amide bonds. The Hall–Kier alpha value is -1.65. The molecule has 3 nitrogen and oxygen atoms in total. The molecule has 2 aromatic carbocycles. The SMILES string of the molecule is Cc1cccc(CS(=O)CCOc2ccc(CN)cc2)c1. The lowest BCUT2D eigenvalue weighted by molar-refractivity contribution is 0.342. The molecular weight excluding hydrogens is 282 g/mol. The van der Waals surface area contributed by atoms with E-state index in [0.29, 0.717) is 24.7 Å². The number of hydrogen-bond donors (Lipinski definition) is 1. The highest BCUT2D eigenvalue weighted by Crippen LogP contribution is 2.12. The third-order valence-corrected chi connectivity index (χ3v) is 4.43. The Morgan fingerprint density at radius 3 is 2.52 bits per heavy atom. The number of rotatable bonds is 7. The molecule has 0 aliphatic carbocycles. The Bertz CT molecular complexity index is 596. The maximum atomic E-state index is 12.0. The predicted molar refractivity (Wildman–Crippen MR) is 87.7 cm³/mol. The lowest BCUT2D eigenvalue weighted by atomic mass is 10.2. The van der Waals surface area contributed by atoms with E-state index in [1.165, 1.54) is 5.56 Å². The Labute approximate surface area is 128 Å². The Balaban J connectivity index is 1.76. The van der Waals surface area contributed by atoms with Crippen molar-refractivity contribution in [1.29, 1.82) is 0 Å². The molecule has 0 radical (unpaired) electrons. The summed E-state index contributed by atoms with van der Waals surface area (Å²) in [4.78, 5) is 0. The first-order valence-corrected chi connectivity index (χ1v) is 8.48. The van der Waals surface area contributed by atoms with Crippen molar-refractivity contribution in [3.8, 4) is 5.75 Å². The number of ether oxygens (including phenoxy) is 1. The van der Waals surface area contributed by atoms with Crippen LogP contribution in [0.4, 0.5) is 0 Å². The first-order chi connectivity index (χ1) is 10.2. The van der Waals surface area contributed by atoms with Crippen molar-refractivity contribution in [3.05, 3.63) is 65.2 Å². The maximum absolute atomic E-state index is 12.0. The first kappa shape index (κ1) is 15.7. The van der Waals surface area contributed by atoms with Crippen molar-refractivity contribution >= 4 is 10.8 Å². The van der Waals surface area contributed by atoms with Gasteiger partial charge in [0, 0.05) is 23.1 Å². The lowest BCUT2D eigenvalue weighted by Crippen LogP contribution is -2.10. The van der Waals surface area contributed by atoms with Crippen molar-refractivity contribution in [2.45, 2.75) is 19.2 Å². The molecule has 0 spiro atoms. The fraction of sp³-hybridized carbons (Fsp3) is 0.294. The Morgan fingerprint density at radius 2 is 1.86 bits per heavy atom. The van der Waals surface area contributed by atoms with Gasteiger partial charge < -0.3 is 10.5 Å². The largest absolute Gasteiger partial charge is 0.493 e. The van der Waals surface area contributed by atoms with Gasteiger partial charge in [0.1, 0.15) is 5.75 Å². The number of hydrogen-bond acceptors (Lipinski definition) is 3. The molecule has 2 rings (SSSR count). The zero-order chi connectivity index (χ0) is 15.1. The highest BCUT2D eigenvalue weighted by Gasteiger charge is 2.03. The fourth-order valence-electron chi connectivity index (χ4n) is 2.03. The summed E-state index contributed by atoms with van der Waals surface area (Å²) in [5.41, 5.74) is 8.92.